The molecule has 0 saturated heterocycles. The van der Waals surface area contributed by atoms with Crippen LogP contribution in [0.5, 0.6) is 0 Å². The maximum absolute atomic E-state index is 12.4. The molecular formula is C18H19N5O2S. The summed E-state index contributed by atoms with van der Waals surface area (Å²) < 4.78 is 1.52. The van der Waals surface area contributed by atoms with Gasteiger partial charge in [-0.25, -0.2) is 4.98 Å². The molecule has 0 aromatic carbocycles. The Morgan fingerprint density at radius 1 is 1.42 bits per heavy atom. The highest BCUT2D eigenvalue weighted by Gasteiger charge is 2.28. The molecular weight excluding hydrogens is 350 g/mol. The smallest absolute Gasteiger partial charge is 0.255 e. The topological polar surface area (TPSA) is 92.7 Å². The molecule has 1 saturated carbocycles. The van der Waals surface area contributed by atoms with Gasteiger partial charge >= 0.3 is 0 Å². The van der Waals surface area contributed by atoms with Crippen LogP contribution in [0.2, 0.25) is 0 Å². The van der Waals surface area contributed by atoms with Crippen molar-refractivity contribution in [1.29, 1.82) is 0 Å². The summed E-state index contributed by atoms with van der Waals surface area (Å²) in [5.41, 5.74) is 1.93. The van der Waals surface area contributed by atoms with Crippen molar-refractivity contribution in [2.45, 2.75) is 39.0 Å². The largest absolute Gasteiger partial charge is 0.310 e. The van der Waals surface area contributed by atoms with E-state index >= 15 is 0 Å². The zero-order chi connectivity index (χ0) is 18.3. The van der Waals surface area contributed by atoms with Crippen molar-refractivity contribution in [3.05, 3.63) is 55.8 Å². The number of nitrogens with zero attached hydrogens (tertiary/aromatic N) is 3. The highest BCUT2D eigenvalue weighted by atomic mass is 32.1. The third-order valence-electron chi connectivity index (χ3n) is 4.49. The molecule has 1 fully saturated rings. The van der Waals surface area contributed by atoms with Crippen molar-refractivity contribution in [3.63, 3.8) is 0 Å². The van der Waals surface area contributed by atoms with E-state index in [1.807, 2.05) is 23.6 Å². The molecule has 1 aliphatic rings. The first-order chi connectivity index (χ1) is 12.5. The molecule has 8 heteroatoms. The number of aromatic amines is 1. The molecule has 0 radical (unpaired) electrons. The van der Waals surface area contributed by atoms with Crippen LogP contribution in [0.3, 0.4) is 0 Å². The van der Waals surface area contributed by atoms with Crippen LogP contribution in [0, 0.1) is 13.8 Å². The summed E-state index contributed by atoms with van der Waals surface area (Å²) in [4.78, 5) is 32.7. The average Bonchev–Trinajstić information content (AvgIpc) is 3.17. The molecule has 0 aliphatic heterocycles. The van der Waals surface area contributed by atoms with Crippen LogP contribution in [0.25, 0.3) is 5.95 Å². The minimum Gasteiger partial charge on any atom is -0.310 e. The normalized spacial score (nSPS) is 13.8. The van der Waals surface area contributed by atoms with Gasteiger partial charge < -0.3 is 5.32 Å². The SMILES string of the molecule is Cc1nc(-n2nc(C3CC3)cc2NC(=O)Cc2cccs2)[nH]c(=O)c1C. The monoisotopic (exact) mass is 369 g/mol. The molecule has 3 heterocycles. The standard InChI is InChI=1S/C18H19N5O2S/c1-10-11(2)19-18(21-17(10)25)23-15(9-14(22-23)12-5-6-12)20-16(24)8-13-4-3-7-26-13/h3-4,7,9,12H,5-6,8H2,1-2H3,(H,20,24)(H,19,21,25). The number of anilines is 1. The maximum atomic E-state index is 12.4. The van der Waals surface area contributed by atoms with Gasteiger partial charge in [0.05, 0.1) is 12.1 Å². The highest BCUT2D eigenvalue weighted by Crippen LogP contribution is 2.40. The van der Waals surface area contributed by atoms with Gasteiger partial charge in [-0.15, -0.1) is 11.3 Å². The van der Waals surface area contributed by atoms with E-state index in [1.165, 1.54) is 4.68 Å². The predicted octanol–water partition coefficient (Wildman–Crippen LogP) is 2.69. The van der Waals surface area contributed by atoms with Crippen molar-refractivity contribution in [1.82, 2.24) is 19.7 Å². The summed E-state index contributed by atoms with van der Waals surface area (Å²) >= 11 is 1.54. The number of carbonyl (C=O) groups excluding carboxylic acids is 1. The molecule has 3 aromatic rings. The number of thiophene rings is 1. The Balaban J connectivity index is 1.67. The lowest BCUT2D eigenvalue weighted by molar-refractivity contribution is -0.115. The zero-order valence-corrected chi connectivity index (χ0v) is 15.4. The van der Waals surface area contributed by atoms with Crippen LogP contribution in [-0.2, 0) is 11.2 Å². The summed E-state index contributed by atoms with van der Waals surface area (Å²) in [5, 5.41) is 9.43. The van der Waals surface area contributed by atoms with E-state index in [0.29, 0.717) is 35.4 Å². The molecule has 1 amide bonds. The number of H-pyrrole nitrogens is 1. The van der Waals surface area contributed by atoms with Gasteiger partial charge in [-0.3, -0.25) is 14.6 Å². The summed E-state index contributed by atoms with van der Waals surface area (Å²) in [5.74, 6) is 1.14. The second-order valence-electron chi connectivity index (χ2n) is 6.54. The van der Waals surface area contributed by atoms with Crippen molar-refractivity contribution in [2.75, 3.05) is 5.32 Å². The van der Waals surface area contributed by atoms with E-state index in [9.17, 15) is 9.59 Å². The molecule has 26 heavy (non-hydrogen) atoms. The van der Waals surface area contributed by atoms with Crippen LogP contribution < -0.4 is 10.9 Å². The van der Waals surface area contributed by atoms with E-state index in [-0.39, 0.29) is 11.5 Å². The summed E-state index contributed by atoms with van der Waals surface area (Å²) in [6.07, 6.45) is 2.49. The molecule has 0 spiro atoms. The third kappa shape index (κ3) is 3.32. The van der Waals surface area contributed by atoms with Crippen molar-refractivity contribution < 1.29 is 4.79 Å². The van der Waals surface area contributed by atoms with E-state index in [1.54, 1.807) is 25.2 Å². The first kappa shape index (κ1) is 16.7. The average molecular weight is 369 g/mol. The summed E-state index contributed by atoms with van der Waals surface area (Å²) in [7, 11) is 0. The summed E-state index contributed by atoms with van der Waals surface area (Å²) in [6.45, 7) is 3.52. The lowest BCUT2D eigenvalue weighted by atomic mass is 10.3. The van der Waals surface area contributed by atoms with Gasteiger partial charge in [-0.2, -0.15) is 9.78 Å². The fourth-order valence-corrected chi connectivity index (χ4v) is 3.42. The molecule has 0 unspecified atom stereocenters. The van der Waals surface area contributed by atoms with Gasteiger partial charge in [0.25, 0.3) is 5.56 Å². The molecule has 4 rings (SSSR count). The molecule has 7 nitrogen and oxygen atoms in total. The molecule has 3 aromatic heterocycles. The Bertz CT molecular complexity index is 1010. The minimum atomic E-state index is -0.202. The van der Waals surface area contributed by atoms with Gasteiger partial charge in [-0.05, 0) is 38.1 Å². The number of hydrogen-bond donors (Lipinski definition) is 2. The molecule has 0 atom stereocenters. The number of rotatable bonds is 5. The van der Waals surface area contributed by atoms with E-state index in [0.717, 1.165) is 23.4 Å². The highest BCUT2D eigenvalue weighted by molar-refractivity contribution is 7.10. The van der Waals surface area contributed by atoms with E-state index in [4.69, 9.17) is 0 Å². The number of nitrogens with one attached hydrogen (secondary N) is 2. The Kier molecular flexibility index (Phi) is 4.20. The van der Waals surface area contributed by atoms with Crippen LogP contribution >= 0.6 is 11.3 Å². The number of hydrogen-bond acceptors (Lipinski definition) is 5. The fraction of sp³-hybridized carbons (Fsp3) is 0.333. The first-order valence-corrected chi connectivity index (χ1v) is 9.39. The van der Waals surface area contributed by atoms with E-state index < -0.39 is 0 Å². The fourth-order valence-electron chi connectivity index (χ4n) is 2.72. The van der Waals surface area contributed by atoms with Crippen LogP contribution in [0.15, 0.2) is 28.4 Å². The molecule has 134 valence electrons. The van der Waals surface area contributed by atoms with Gasteiger partial charge in [0, 0.05) is 28.1 Å². The molecule has 0 bridgehead atoms. The maximum Gasteiger partial charge on any atom is 0.255 e. The Labute approximate surface area is 154 Å². The lowest BCUT2D eigenvalue weighted by Crippen LogP contribution is -2.21. The van der Waals surface area contributed by atoms with Gasteiger partial charge in [0.2, 0.25) is 11.9 Å². The molecule has 1 aliphatic carbocycles. The lowest BCUT2D eigenvalue weighted by Gasteiger charge is -2.09. The van der Waals surface area contributed by atoms with Gasteiger partial charge in [-0.1, -0.05) is 6.07 Å². The number of aromatic nitrogens is 4. The minimum absolute atomic E-state index is 0.123. The Morgan fingerprint density at radius 2 is 2.23 bits per heavy atom. The third-order valence-corrected chi connectivity index (χ3v) is 5.37. The predicted molar refractivity (Wildman–Crippen MR) is 100 cm³/mol. The van der Waals surface area contributed by atoms with Crippen molar-refractivity contribution >= 4 is 23.1 Å². The van der Waals surface area contributed by atoms with Gasteiger partial charge in [0.15, 0.2) is 0 Å². The van der Waals surface area contributed by atoms with Crippen LogP contribution in [-0.4, -0.2) is 25.7 Å². The number of aryl methyl sites for hydroxylation is 1. The Morgan fingerprint density at radius 3 is 2.88 bits per heavy atom. The van der Waals surface area contributed by atoms with Crippen LogP contribution in [0.1, 0.15) is 40.6 Å². The Hall–Kier alpha value is -2.74. The van der Waals surface area contributed by atoms with Crippen LogP contribution in [0.4, 0.5) is 5.82 Å². The summed E-state index contributed by atoms with van der Waals surface area (Å²) in [6, 6.07) is 5.73. The number of amides is 1. The quantitative estimate of drug-likeness (QED) is 0.723. The first-order valence-electron chi connectivity index (χ1n) is 8.51. The molecule has 2 N–H and O–H groups in total. The van der Waals surface area contributed by atoms with Crippen molar-refractivity contribution in [2.24, 2.45) is 0 Å². The van der Waals surface area contributed by atoms with E-state index in [2.05, 4.69) is 20.4 Å². The zero-order valence-electron chi connectivity index (χ0n) is 14.6. The second-order valence-corrected chi connectivity index (χ2v) is 7.58. The van der Waals surface area contributed by atoms with Crippen molar-refractivity contribution in [3.8, 4) is 5.95 Å². The number of carbonyl (C=O) groups is 1. The van der Waals surface area contributed by atoms with Gasteiger partial charge in [0.1, 0.15) is 5.82 Å². The second kappa shape index (κ2) is 6.53.